The molecule has 1 aromatic carbocycles. The Balaban J connectivity index is 3.10. The molecular formula is C11H15Br2NO. The summed E-state index contributed by atoms with van der Waals surface area (Å²) in [6.07, 6.45) is 0. The summed E-state index contributed by atoms with van der Waals surface area (Å²) in [6.45, 7) is 3.96. The third-order valence-corrected chi connectivity index (χ3v) is 3.76. The molecule has 0 aliphatic heterocycles. The Morgan fingerprint density at radius 3 is 2.53 bits per heavy atom. The lowest BCUT2D eigenvalue weighted by Crippen LogP contribution is -2.32. The van der Waals surface area contributed by atoms with E-state index in [0.717, 1.165) is 14.5 Å². The van der Waals surface area contributed by atoms with Gasteiger partial charge in [-0.1, -0.05) is 45.7 Å². The number of nitrogens with two attached hydrogens (primary N) is 1. The number of rotatable bonds is 3. The van der Waals surface area contributed by atoms with Gasteiger partial charge in [-0.25, -0.2) is 0 Å². The minimum absolute atomic E-state index is 0.0626. The maximum Gasteiger partial charge on any atom is 0.0500 e. The average molecular weight is 337 g/mol. The van der Waals surface area contributed by atoms with Gasteiger partial charge in [0.2, 0.25) is 0 Å². The van der Waals surface area contributed by atoms with Crippen molar-refractivity contribution in [1.82, 2.24) is 0 Å². The molecule has 3 N–H and O–H groups in total. The molecule has 4 heteroatoms. The van der Waals surface area contributed by atoms with Crippen molar-refractivity contribution in [2.75, 3.05) is 6.61 Å². The molecule has 0 aliphatic rings. The van der Waals surface area contributed by atoms with Crippen molar-refractivity contribution in [3.63, 3.8) is 0 Å². The first kappa shape index (κ1) is 13.2. The van der Waals surface area contributed by atoms with E-state index in [2.05, 4.69) is 31.9 Å². The quantitative estimate of drug-likeness (QED) is 0.890. The number of hydrogen-bond donors (Lipinski definition) is 2. The Hall–Kier alpha value is 0.1000. The Morgan fingerprint density at radius 1 is 1.40 bits per heavy atom. The molecule has 2 nitrogen and oxygen atoms in total. The summed E-state index contributed by atoms with van der Waals surface area (Å²) < 4.78 is 1.96. The summed E-state index contributed by atoms with van der Waals surface area (Å²) in [5.74, 6) is 0. The summed E-state index contributed by atoms with van der Waals surface area (Å²) in [4.78, 5) is 0. The molecule has 0 aromatic heterocycles. The molecule has 0 saturated carbocycles. The summed E-state index contributed by atoms with van der Waals surface area (Å²) in [5.41, 5.74) is 6.82. The molecule has 84 valence electrons. The highest BCUT2D eigenvalue weighted by Crippen LogP contribution is 2.35. The normalized spacial score (nSPS) is 14.0. The van der Waals surface area contributed by atoms with Gasteiger partial charge in [0.05, 0.1) is 0 Å². The molecule has 0 aliphatic carbocycles. The second-order valence-corrected chi connectivity index (χ2v) is 6.06. The van der Waals surface area contributed by atoms with Crippen LogP contribution in [0.3, 0.4) is 0 Å². The van der Waals surface area contributed by atoms with E-state index in [9.17, 15) is 5.11 Å². The fourth-order valence-corrected chi connectivity index (χ4v) is 2.14. The zero-order chi connectivity index (χ0) is 11.6. The molecule has 15 heavy (non-hydrogen) atoms. The van der Waals surface area contributed by atoms with Crippen LogP contribution in [0, 0.1) is 5.41 Å². The van der Waals surface area contributed by atoms with Crippen LogP contribution < -0.4 is 5.73 Å². The van der Waals surface area contributed by atoms with Gasteiger partial charge < -0.3 is 10.8 Å². The van der Waals surface area contributed by atoms with Crippen LogP contribution in [0.25, 0.3) is 0 Å². The van der Waals surface area contributed by atoms with Crippen molar-refractivity contribution < 1.29 is 5.11 Å². The molecule has 0 fully saturated rings. The van der Waals surface area contributed by atoms with Crippen molar-refractivity contribution in [1.29, 1.82) is 0 Å². The fourth-order valence-electron chi connectivity index (χ4n) is 1.27. The van der Waals surface area contributed by atoms with E-state index in [1.54, 1.807) is 0 Å². The first-order valence-corrected chi connectivity index (χ1v) is 6.28. The number of aliphatic hydroxyl groups excluding tert-OH is 1. The molecule has 0 heterocycles. The average Bonchev–Trinajstić information content (AvgIpc) is 2.20. The van der Waals surface area contributed by atoms with Gasteiger partial charge >= 0.3 is 0 Å². The van der Waals surface area contributed by atoms with Gasteiger partial charge in [-0.3, -0.25) is 0 Å². The zero-order valence-electron chi connectivity index (χ0n) is 8.80. The predicted molar refractivity (Wildman–Crippen MR) is 69.6 cm³/mol. The highest BCUT2D eigenvalue weighted by Gasteiger charge is 2.28. The second kappa shape index (κ2) is 4.95. The van der Waals surface area contributed by atoms with E-state index >= 15 is 0 Å². The molecule has 0 unspecified atom stereocenters. The number of benzene rings is 1. The van der Waals surface area contributed by atoms with Crippen LogP contribution in [0.15, 0.2) is 27.1 Å². The molecule has 0 amide bonds. The molecular weight excluding hydrogens is 322 g/mol. The highest BCUT2D eigenvalue weighted by molar-refractivity contribution is 9.11. The topological polar surface area (TPSA) is 46.2 Å². The van der Waals surface area contributed by atoms with Crippen LogP contribution in [-0.4, -0.2) is 11.7 Å². The molecule has 0 bridgehead atoms. The highest BCUT2D eigenvalue weighted by atomic mass is 79.9. The first-order valence-electron chi connectivity index (χ1n) is 4.70. The third kappa shape index (κ3) is 3.03. The van der Waals surface area contributed by atoms with E-state index in [0.29, 0.717) is 0 Å². The zero-order valence-corrected chi connectivity index (χ0v) is 12.0. The minimum Gasteiger partial charge on any atom is -0.396 e. The Labute approximate surface area is 107 Å². The molecule has 1 atom stereocenters. The maximum atomic E-state index is 9.28. The van der Waals surface area contributed by atoms with Gasteiger partial charge in [0.15, 0.2) is 0 Å². The minimum atomic E-state index is -0.330. The summed E-state index contributed by atoms with van der Waals surface area (Å²) in [7, 11) is 0. The maximum absolute atomic E-state index is 9.28. The van der Waals surface area contributed by atoms with Crippen molar-refractivity contribution >= 4 is 31.9 Å². The van der Waals surface area contributed by atoms with E-state index < -0.39 is 0 Å². The van der Waals surface area contributed by atoms with E-state index in [4.69, 9.17) is 5.73 Å². The van der Waals surface area contributed by atoms with E-state index in [1.165, 1.54) is 0 Å². The smallest absolute Gasteiger partial charge is 0.0500 e. The number of aliphatic hydroxyl groups is 1. The van der Waals surface area contributed by atoms with Crippen molar-refractivity contribution in [2.45, 2.75) is 19.9 Å². The van der Waals surface area contributed by atoms with Crippen molar-refractivity contribution in [3.8, 4) is 0 Å². The van der Waals surface area contributed by atoms with Gasteiger partial charge in [-0.15, -0.1) is 0 Å². The molecule has 1 rings (SSSR count). The molecule has 0 radical (unpaired) electrons. The van der Waals surface area contributed by atoms with Crippen LogP contribution in [0.2, 0.25) is 0 Å². The lowest BCUT2D eigenvalue weighted by molar-refractivity contribution is 0.132. The first-order chi connectivity index (χ1) is 6.88. The third-order valence-electron chi connectivity index (χ3n) is 2.54. The Bertz CT molecular complexity index is 352. The largest absolute Gasteiger partial charge is 0.396 e. The molecule has 0 spiro atoms. The lowest BCUT2D eigenvalue weighted by Gasteiger charge is -2.30. The second-order valence-electron chi connectivity index (χ2n) is 4.29. The predicted octanol–water partition coefficient (Wildman–Crippen LogP) is 3.23. The summed E-state index contributed by atoms with van der Waals surface area (Å²) in [6, 6.07) is 5.68. The lowest BCUT2D eigenvalue weighted by atomic mass is 9.82. The molecule has 0 saturated heterocycles. The number of hydrogen-bond acceptors (Lipinski definition) is 2. The van der Waals surface area contributed by atoms with Crippen molar-refractivity contribution in [2.24, 2.45) is 11.1 Å². The van der Waals surface area contributed by atoms with Gasteiger partial charge in [0.1, 0.15) is 0 Å². The SMILES string of the molecule is CC(C)(CO)[C@@H](N)c1cc(Br)ccc1Br. The van der Waals surface area contributed by atoms with Gasteiger partial charge in [-0.2, -0.15) is 0 Å². The molecule has 1 aromatic rings. The van der Waals surface area contributed by atoms with Gasteiger partial charge in [-0.05, 0) is 23.8 Å². The van der Waals surface area contributed by atoms with Crippen molar-refractivity contribution in [3.05, 3.63) is 32.7 Å². The monoisotopic (exact) mass is 335 g/mol. The van der Waals surface area contributed by atoms with Crippen LogP contribution in [0.4, 0.5) is 0 Å². The standard InChI is InChI=1S/C11H15Br2NO/c1-11(2,6-15)10(14)8-5-7(12)3-4-9(8)13/h3-5,10,15H,6,14H2,1-2H3/t10-/m0/s1. The summed E-state index contributed by atoms with van der Waals surface area (Å²) in [5, 5.41) is 9.28. The Morgan fingerprint density at radius 2 is 2.00 bits per heavy atom. The van der Waals surface area contributed by atoms with Gasteiger partial charge in [0.25, 0.3) is 0 Å². The Kier molecular flexibility index (Phi) is 4.35. The number of halogens is 2. The van der Waals surface area contributed by atoms with Crippen LogP contribution >= 0.6 is 31.9 Å². The van der Waals surface area contributed by atoms with Gasteiger partial charge in [0, 0.05) is 27.0 Å². The fraction of sp³-hybridized carbons (Fsp3) is 0.455. The van der Waals surface area contributed by atoms with Crippen LogP contribution in [0.1, 0.15) is 25.5 Å². The van der Waals surface area contributed by atoms with Crippen LogP contribution in [-0.2, 0) is 0 Å². The van der Waals surface area contributed by atoms with Crippen LogP contribution in [0.5, 0.6) is 0 Å². The van der Waals surface area contributed by atoms with E-state index in [1.807, 2.05) is 32.0 Å². The summed E-state index contributed by atoms with van der Waals surface area (Å²) >= 11 is 6.88. The van der Waals surface area contributed by atoms with E-state index in [-0.39, 0.29) is 18.1 Å².